The first-order valence-electron chi connectivity index (χ1n) is 6.16. The van der Waals surface area contributed by atoms with Crippen LogP contribution in [-0.2, 0) is 0 Å². The van der Waals surface area contributed by atoms with Crippen molar-refractivity contribution in [2.75, 3.05) is 12.0 Å². The van der Waals surface area contributed by atoms with Crippen molar-refractivity contribution in [2.24, 2.45) is 5.10 Å². The van der Waals surface area contributed by atoms with Gasteiger partial charge in [-0.2, -0.15) is 5.10 Å². The van der Waals surface area contributed by atoms with Crippen LogP contribution in [0.3, 0.4) is 0 Å². The Kier molecular flexibility index (Phi) is 4.65. The largest absolute Gasteiger partial charge is 0.494 e. The molecule has 0 aliphatic rings. The van der Waals surface area contributed by atoms with Gasteiger partial charge in [0.1, 0.15) is 11.6 Å². The minimum Gasteiger partial charge on any atom is -0.494 e. The minimum atomic E-state index is -0.686. The van der Waals surface area contributed by atoms with Crippen LogP contribution in [0.2, 0.25) is 0 Å². The molecule has 0 heterocycles. The first kappa shape index (κ1) is 14.0. The SMILES string of the molecule is CCOc1ccc(/C=N\Nc2ccc(F)cc2F)cc1. The molecule has 0 aliphatic carbocycles. The van der Waals surface area contributed by atoms with E-state index in [-0.39, 0.29) is 5.69 Å². The number of hydrogen-bond acceptors (Lipinski definition) is 3. The summed E-state index contributed by atoms with van der Waals surface area (Å²) in [7, 11) is 0. The second-order valence-corrected chi connectivity index (χ2v) is 4.00. The highest BCUT2D eigenvalue weighted by Gasteiger charge is 2.01. The van der Waals surface area contributed by atoms with E-state index in [2.05, 4.69) is 10.5 Å². The molecule has 0 bridgehead atoms. The first-order valence-corrected chi connectivity index (χ1v) is 6.16. The number of hydrazone groups is 1. The lowest BCUT2D eigenvalue weighted by Crippen LogP contribution is -1.95. The van der Waals surface area contributed by atoms with Gasteiger partial charge in [-0.15, -0.1) is 0 Å². The van der Waals surface area contributed by atoms with Gasteiger partial charge in [0.25, 0.3) is 0 Å². The van der Waals surface area contributed by atoms with Crippen LogP contribution < -0.4 is 10.2 Å². The zero-order valence-electron chi connectivity index (χ0n) is 10.9. The minimum absolute atomic E-state index is 0.119. The van der Waals surface area contributed by atoms with Crippen LogP contribution in [-0.4, -0.2) is 12.8 Å². The molecule has 104 valence electrons. The maximum absolute atomic E-state index is 13.3. The average Bonchev–Trinajstić information content (AvgIpc) is 2.43. The maximum Gasteiger partial charge on any atom is 0.151 e. The van der Waals surface area contributed by atoms with E-state index >= 15 is 0 Å². The van der Waals surface area contributed by atoms with Gasteiger partial charge in [-0.1, -0.05) is 0 Å². The van der Waals surface area contributed by atoms with Crippen LogP contribution in [0.1, 0.15) is 12.5 Å². The Bertz CT molecular complexity index is 597. The Balaban J connectivity index is 1.99. The standard InChI is InChI=1S/C15H14F2N2O/c1-2-20-13-6-3-11(4-7-13)10-18-19-15-8-5-12(16)9-14(15)17/h3-10,19H,2H2,1H3/b18-10-. The summed E-state index contributed by atoms with van der Waals surface area (Å²) in [4.78, 5) is 0. The van der Waals surface area contributed by atoms with Crippen molar-refractivity contribution >= 4 is 11.9 Å². The third-order valence-electron chi connectivity index (χ3n) is 2.52. The van der Waals surface area contributed by atoms with Crippen molar-refractivity contribution in [1.82, 2.24) is 0 Å². The van der Waals surface area contributed by atoms with Crippen LogP contribution in [0.5, 0.6) is 5.75 Å². The van der Waals surface area contributed by atoms with Gasteiger partial charge in [-0.25, -0.2) is 8.78 Å². The van der Waals surface area contributed by atoms with E-state index in [9.17, 15) is 8.78 Å². The molecule has 5 heteroatoms. The van der Waals surface area contributed by atoms with E-state index in [1.807, 2.05) is 31.2 Å². The van der Waals surface area contributed by atoms with Crippen LogP contribution in [0.15, 0.2) is 47.6 Å². The highest BCUT2D eigenvalue weighted by atomic mass is 19.1. The fourth-order valence-corrected chi connectivity index (χ4v) is 1.57. The van der Waals surface area contributed by atoms with Gasteiger partial charge in [0.15, 0.2) is 5.82 Å². The second kappa shape index (κ2) is 6.65. The lowest BCUT2D eigenvalue weighted by atomic mass is 10.2. The number of ether oxygens (including phenoxy) is 1. The summed E-state index contributed by atoms with van der Waals surface area (Å²) in [5.41, 5.74) is 3.48. The molecule has 0 fully saturated rings. The van der Waals surface area contributed by atoms with Gasteiger partial charge in [-0.3, -0.25) is 5.43 Å². The van der Waals surface area contributed by atoms with Crippen molar-refractivity contribution < 1.29 is 13.5 Å². The zero-order valence-corrected chi connectivity index (χ0v) is 10.9. The molecule has 2 aromatic carbocycles. The molecule has 0 amide bonds. The number of nitrogens with zero attached hydrogens (tertiary/aromatic N) is 1. The van der Waals surface area contributed by atoms with Gasteiger partial charge in [-0.05, 0) is 48.9 Å². The summed E-state index contributed by atoms with van der Waals surface area (Å²) < 4.78 is 31.4. The third kappa shape index (κ3) is 3.78. The normalized spacial score (nSPS) is 10.8. The van der Waals surface area contributed by atoms with Crippen LogP contribution in [0, 0.1) is 11.6 Å². The van der Waals surface area contributed by atoms with Crippen molar-refractivity contribution in [3.63, 3.8) is 0 Å². The number of nitrogens with one attached hydrogen (secondary N) is 1. The molecule has 0 unspecified atom stereocenters. The lowest BCUT2D eigenvalue weighted by Gasteiger charge is -2.03. The maximum atomic E-state index is 13.3. The number of anilines is 1. The van der Waals surface area contributed by atoms with Gasteiger partial charge >= 0.3 is 0 Å². The van der Waals surface area contributed by atoms with Crippen molar-refractivity contribution in [3.8, 4) is 5.75 Å². The topological polar surface area (TPSA) is 33.6 Å². The highest BCUT2D eigenvalue weighted by Crippen LogP contribution is 2.15. The molecule has 0 saturated heterocycles. The van der Waals surface area contributed by atoms with E-state index < -0.39 is 11.6 Å². The van der Waals surface area contributed by atoms with Crippen molar-refractivity contribution in [3.05, 3.63) is 59.7 Å². The van der Waals surface area contributed by atoms with Gasteiger partial charge in [0, 0.05) is 6.07 Å². The van der Waals surface area contributed by atoms with Crippen LogP contribution in [0.4, 0.5) is 14.5 Å². The van der Waals surface area contributed by atoms with E-state index in [1.54, 1.807) is 6.21 Å². The molecular weight excluding hydrogens is 262 g/mol. The molecule has 0 aliphatic heterocycles. The predicted molar refractivity (Wildman–Crippen MR) is 75.2 cm³/mol. The molecule has 3 nitrogen and oxygen atoms in total. The summed E-state index contributed by atoms with van der Waals surface area (Å²) in [5, 5.41) is 3.90. The summed E-state index contributed by atoms with van der Waals surface area (Å²) in [6.07, 6.45) is 1.54. The number of benzene rings is 2. The quantitative estimate of drug-likeness (QED) is 0.665. The van der Waals surface area contributed by atoms with Gasteiger partial charge in [0.2, 0.25) is 0 Å². The van der Waals surface area contributed by atoms with Gasteiger partial charge in [0.05, 0.1) is 18.5 Å². The average molecular weight is 276 g/mol. The molecule has 2 rings (SSSR count). The fraction of sp³-hybridized carbons (Fsp3) is 0.133. The molecule has 0 aromatic heterocycles. The first-order chi connectivity index (χ1) is 9.69. The number of rotatable bonds is 5. The summed E-state index contributed by atoms with van der Waals surface area (Å²) >= 11 is 0. The highest BCUT2D eigenvalue weighted by molar-refractivity contribution is 5.80. The van der Waals surface area contributed by atoms with E-state index in [0.29, 0.717) is 6.61 Å². The second-order valence-electron chi connectivity index (χ2n) is 4.00. The molecule has 20 heavy (non-hydrogen) atoms. The smallest absolute Gasteiger partial charge is 0.151 e. The van der Waals surface area contributed by atoms with Crippen molar-refractivity contribution in [1.29, 1.82) is 0 Å². The zero-order chi connectivity index (χ0) is 14.4. The molecule has 1 N–H and O–H groups in total. The molecule has 0 radical (unpaired) electrons. The van der Waals surface area contributed by atoms with E-state index in [4.69, 9.17) is 4.74 Å². The van der Waals surface area contributed by atoms with E-state index in [0.717, 1.165) is 23.4 Å². The number of halogens is 2. The Morgan fingerprint density at radius 2 is 1.90 bits per heavy atom. The third-order valence-corrected chi connectivity index (χ3v) is 2.52. The predicted octanol–water partition coefficient (Wildman–Crippen LogP) is 3.81. The Morgan fingerprint density at radius 1 is 1.15 bits per heavy atom. The Morgan fingerprint density at radius 3 is 2.55 bits per heavy atom. The molecule has 2 aromatic rings. The molecule has 0 atom stereocenters. The fourth-order valence-electron chi connectivity index (χ4n) is 1.57. The lowest BCUT2D eigenvalue weighted by molar-refractivity contribution is 0.340. The monoisotopic (exact) mass is 276 g/mol. The molecule has 0 saturated carbocycles. The molecular formula is C15H14F2N2O. The van der Waals surface area contributed by atoms with E-state index in [1.165, 1.54) is 6.07 Å². The number of hydrogen-bond donors (Lipinski definition) is 1. The van der Waals surface area contributed by atoms with Crippen molar-refractivity contribution in [2.45, 2.75) is 6.92 Å². The Hall–Kier alpha value is -2.43. The van der Waals surface area contributed by atoms with Gasteiger partial charge < -0.3 is 4.74 Å². The molecule has 0 spiro atoms. The van der Waals surface area contributed by atoms with Crippen LogP contribution in [0.25, 0.3) is 0 Å². The summed E-state index contributed by atoms with van der Waals surface area (Å²) in [6, 6.07) is 10.6. The van der Waals surface area contributed by atoms with Crippen LogP contribution >= 0.6 is 0 Å². The summed E-state index contributed by atoms with van der Waals surface area (Å²) in [5.74, 6) is -0.528. The summed E-state index contributed by atoms with van der Waals surface area (Å²) in [6.45, 7) is 2.52. The Labute approximate surface area is 115 Å².